The number of fused-ring (bicyclic) bond motifs is 1. The van der Waals surface area contributed by atoms with Crippen LogP contribution in [-0.2, 0) is 6.42 Å². The third-order valence-corrected chi connectivity index (χ3v) is 3.83. The number of aryl methyl sites for hydroxylation is 1. The molecule has 0 fully saturated rings. The second-order valence-electron chi connectivity index (χ2n) is 3.82. The van der Waals surface area contributed by atoms with Gasteiger partial charge in [-0.2, -0.15) is 5.10 Å². The SMILES string of the molecule is CCc1ccc2c(c1)C(=NNC(N)=S)CCS2. The quantitative estimate of drug-likeness (QED) is 0.636. The van der Waals surface area contributed by atoms with Crippen molar-refractivity contribution in [2.45, 2.75) is 24.7 Å². The Balaban J connectivity index is 2.35. The third kappa shape index (κ3) is 2.98. The first kappa shape index (κ1) is 12.4. The van der Waals surface area contributed by atoms with Gasteiger partial charge in [0.25, 0.3) is 0 Å². The van der Waals surface area contributed by atoms with Crippen molar-refractivity contribution in [3.05, 3.63) is 29.3 Å². The smallest absolute Gasteiger partial charge is 0.184 e. The maximum atomic E-state index is 5.39. The van der Waals surface area contributed by atoms with Crippen molar-refractivity contribution in [3.63, 3.8) is 0 Å². The minimum Gasteiger partial charge on any atom is -0.375 e. The Morgan fingerprint density at radius 1 is 1.59 bits per heavy atom. The summed E-state index contributed by atoms with van der Waals surface area (Å²) in [6.45, 7) is 2.15. The van der Waals surface area contributed by atoms with Gasteiger partial charge in [0.2, 0.25) is 0 Å². The largest absolute Gasteiger partial charge is 0.375 e. The van der Waals surface area contributed by atoms with E-state index in [1.807, 2.05) is 11.8 Å². The first-order valence-corrected chi connectivity index (χ1v) is 6.98. The number of nitrogens with one attached hydrogen (secondary N) is 1. The van der Waals surface area contributed by atoms with E-state index in [-0.39, 0.29) is 5.11 Å². The molecule has 0 atom stereocenters. The first-order chi connectivity index (χ1) is 8.20. The van der Waals surface area contributed by atoms with Crippen molar-refractivity contribution in [3.8, 4) is 0 Å². The van der Waals surface area contributed by atoms with E-state index in [0.29, 0.717) is 0 Å². The van der Waals surface area contributed by atoms with Crippen LogP contribution in [0.4, 0.5) is 0 Å². The second kappa shape index (κ2) is 5.51. The molecule has 1 aliphatic heterocycles. The third-order valence-electron chi connectivity index (χ3n) is 2.66. The molecule has 0 aromatic heterocycles. The van der Waals surface area contributed by atoms with Crippen molar-refractivity contribution in [2.24, 2.45) is 10.8 Å². The molecular formula is C12H15N3S2. The molecule has 0 radical (unpaired) electrons. The number of hydrogen-bond donors (Lipinski definition) is 2. The van der Waals surface area contributed by atoms with Crippen LogP contribution in [0.15, 0.2) is 28.2 Å². The number of rotatable bonds is 2. The molecule has 5 heteroatoms. The zero-order chi connectivity index (χ0) is 12.3. The Morgan fingerprint density at radius 3 is 3.12 bits per heavy atom. The van der Waals surface area contributed by atoms with E-state index < -0.39 is 0 Å². The monoisotopic (exact) mass is 265 g/mol. The molecule has 0 amide bonds. The number of hydrazone groups is 1. The van der Waals surface area contributed by atoms with E-state index in [1.165, 1.54) is 16.0 Å². The molecular weight excluding hydrogens is 250 g/mol. The van der Waals surface area contributed by atoms with Crippen LogP contribution in [0.2, 0.25) is 0 Å². The van der Waals surface area contributed by atoms with Crippen LogP contribution in [0.3, 0.4) is 0 Å². The van der Waals surface area contributed by atoms with E-state index >= 15 is 0 Å². The second-order valence-corrected chi connectivity index (χ2v) is 5.39. The summed E-state index contributed by atoms with van der Waals surface area (Å²) in [4.78, 5) is 1.29. The van der Waals surface area contributed by atoms with Gasteiger partial charge in [-0.1, -0.05) is 13.0 Å². The predicted octanol–water partition coefficient (Wildman–Crippen LogP) is 2.28. The van der Waals surface area contributed by atoms with Gasteiger partial charge in [-0.15, -0.1) is 11.8 Å². The van der Waals surface area contributed by atoms with Crippen LogP contribution in [0.5, 0.6) is 0 Å². The average Bonchev–Trinajstić information content (AvgIpc) is 2.35. The highest BCUT2D eigenvalue weighted by Gasteiger charge is 2.16. The van der Waals surface area contributed by atoms with Crippen molar-refractivity contribution in [1.82, 2.24) is 5.43 Å². The van der Waals surface area contributed by atoms with Gasteiger partial charge in [-0.05, 0) is 36.3 Å². The van der Waals surface area contributed by atoms with Gasteiger partial charge in [0.1, 0.15) is 0 Å². The molecule has 1 aliphatic rings. The molecule has 0 saturated heterocycles. The Bertz CT molecular complexity index is 469. The minimum absolute atomic E-state index is 0.212. The molecule has 3 N–H and O–H groups in total. The summed E-state index contributed by atoms with van der Waals surface area (Å²) in [5.41, 5.74) is 11.7. The molecule has 0 saturated carbocycles. The van der Waals surface area contributed by atoms with Crippen LogP contribution in [0, 0.1) is 0 Å². The summed E-state index contributed by atoms with van der Waals surface area (Å²) in [6, 6.07) is 6.56. The molecule has 0 bridgehead atoms. The lowest BCUT2D eigenvalue weighted by molar-refractivity contribution is 1.01. The molecule has 2 rings (SSSR count). The summed E-state index contributed by atoms with van der Waals surface area (Å²) in [5.74, 6) is 1.05. The zero-order valence-electron chi connectivity index (χ0n) is 9.69. The molecule has 0 aliphatic carbocycles. The highest BCUT2D eigenvalue weighted by atomic mass is 32.2. The number of thioether (sulfide) groups is 1. The van der Waals surface area contributed by atoms with E-state index in [4.69, 9.17) is 18.0 Å². The minimum atomic E-state index is 0.212. The van der Waals surface area contributed by atoms with Crippen molar-refractivity contribution in [1.29, 1.82) is 0 Å². The standard InChI is InChI=1S/C12H15N3S2/c1-2-8-3-4-11-9(7-8)10(5-6-17-11)14-15-12(13)16/h3-4,7H,2,5-6H2,1H3,(H3,13,15,16). The van der Waals surface area contributed by atoms with Crippen LogP contribution in [0.25, 0.3) is 0 Å². The lowest BCUT2D eigenvalue weighted by Crippen LogP contribution is -2.26. The average molecular weight is 265 g/mol. The van der Waals surface area contributed by atoms with Crippen LogP contribution < -0.4 is 11.2 Å². The number of thiocarbonyl (C=S) groups is 1. The molecule has 0 unspecified atom stereocenters. The number of nitrogens with zero attached hydrogens (tertiary/aromatic N) is 1. The highest BCUT2D eigenvalue weighted by molar-refractivity contribution is 7.99. The maximum absolute atomic E-state index is 5.39. The summed E-state index contributed by atoms with van der Waals surface area (Å²) >= 11 is 6.64. The van der Waals surface area contributed by atoms with Crippen molar-refractivity contribution < 1.29 is 0 Å². The molecule has 17 heavy (non-hydrogen) atoms. The van der Waals surface area contributed by atoms with E-state index in [9.17, 15) is 0 Å². The summed E-state index contributed by atoms with van der Waals surface area (Å²) < 4.78 is 0. The lowest BCUT2D eigenvalue weighted by Gasteiger charge is -2.18. The Morgan fingerprint density at radius 2 is 2.41 bits per heavy atom. The number of nitrogens with two attached hydrogens (primary N) is 1. The topological polar surface area (TPSA) is 50.4 Å². The molecule has 0 spiro atoms. The fourth-order valence-electron chi connectivity index (χ4n) is 1.78. The van der Waals surface area contributed by atoms with Crippen molar-refractivity contribution >= 4 is 34.8 Å². The predicted molar refractivity (Wildman–Crippen MR) is 77.6 cm³/mol. The van der Waals surface area contributed by atoms with E-state index in [1.54, 1.807) is 0 Å². The van der Waals surface area contributed by atoms with E-state index in [0.717, 1.165) is 24.3 Å². The lowest BCUT2D eigenvalue weighted by atomic mass is 10.0. The first-order valence-electron chi connectivity index (χ1n) is 5.59. The molecule has 1 heterocycles. The van der Waals surface area contributed by atoms with Crippen LogP contribution in [-0.4, -0.2) is 16.6 Å². The molecule has 1 aromatic rings. The van der Waals surface area contributed by atoms with Crippen LogP contribution in [0.1, 0.15) is 24.5 Å². The van der Waals surface area contributed by atoms with Crippen LogP contribution >= 0.6 is 24.0 Å². The summed E-state index contributed by atoms with van der Waals surface area (Å²) in [7, 11) is 0. The molecule has 3 nitrogen and oxygen atoms in total. The van der Waals surface area contributed by atoms with Gasteiger partial charge in [0.05, 0.1) is 5.71 Å². The normalized spacial score (nSPS) is 16.6. The maximum Gasteiger partial charge on any atom is 0.184 e. The zero-order valence-corrected chi connectivity index (χ0v) is 11.3. The fraction of sp³-hybridized carbons (Fsp3) is 0.333. The van der Waals surface area contributed by atoms with Gasteiger partial charge in [0.15, 0.2) is 5.11 Å². The van der Waals surface area contributed by atoms with E-state index in [2.05, 4.69) is 35.7 Å². The Kier molecular flexibility index (Phi) is 4.02. The van der Waals surface area contributed by atoms with Gasteiger partial charge >= 0.3 is 0 Å². The van der Waals surface area contributed by atoms with Gasteiger partial charge in [-0.25, -0.2) is 0 Å². The molecule has 90 valence electrons. The Hall–Kier alpha value is -1.07. The van der Waals surface area contributed by atoms with Crippen molar-refractivity contribution in [2.75, 3.05) is 5.75 Å². The fourth-order valence-corrected chi connectivity index (χ4v) is 2.84. The molecule has 1 aromatic carbocycles. The Labute approximate surface area is 111 Å². The van der Waals surface area contributed by atoms with Gasteiger partial charge in [0, 0.05) is 22.6 Å². The summed E-state index contributed by atoms with van der Waals surface area (Å²) in [5, 5.41) is 4.50. The highest BCUT2D eigenvalue weighted by Crippen LogP contribution is 2.31. The van der Waals surface area contributed by atoms with Gasteiger partial charge in [-0.3, -0.25) is 5.43 Å². The number of benzene rings is 1. The number of hydrogen-bond acceptors (Lipinski definition) is 3. The summed E-state index contributed by atoms with van der Waals surface area (Å²) in [6.07, 6.45) is 1.98. The van der Waals surface area contributed by atoms with Gasteiger partial charge < -0.3 is 5.73 Å².